The lowest BCUT2D eigenvalue weighted by molar-refractivity contribution is -0.132. The Bertz CT molecular complexity index is 363. The Balaban J connectivity index is 4.56. The Hall–Kier alpha value is -1.23. The van der Waals surface area contributed by atoms with Gasteiger partial charge >= 0.3 is 0 Å². The highest BCUT2D eigenvalue weighted by Gasteiger charge is 2.26. The normalized spacial score (nSPS) is 12.8. The fourth-order valence-electron chi connectivity index (χ4n) is 1.88. The Morgan fingerprint density at radius 2 is 1.57 bits per heavy atom. The first-order valence-corrected chi connectivity index (χ1v) is 7.65. The molecule has 0 saturated carbocycles. The maximum Gasteiger partial charge on any atom is 0.220 e. The van der Waals surface area contributed by atoms with E-state index in [0.29, 0.717) is 6.42 Å². The molecule has 0 aromatic carbocycles. The summed E-state index contributed by atoms with van der Waals surface area (Å²) in [4.78, 5) is 37.9. The van der Waals surface area contributed by atoms with Crippen LogP contribution in [0.5, 0.6) is 0 Å². The molecule has 0 aromatic rings. The number of rotatable bonds is 10. The van der Waals surface area contributed by atoms with Gasteiger partial charge in [0.15, 0.2) is 5.78 Å². The minimum Gasteiger partial charge on any atom is -0.346 e. The highest BCUT2D eigenvalue weighted by molar-refractivity contribution is 5.94. The van der Waals surface area contributed by atoms with E-state index in [2.05, 4.69) is 5.32 Å². The van der Waals surface area contributed by atoms with Crippen molar-refractivity contribution >= 4 is 17.5 Å². The van der Waals surface area contributed by atoms with Gasteiger partial charge in [-0.1, -0.05) is 27.7 Å². The van der Waals surface area contributed by atoms with Crippen molar-refractivity contribution < 1.29 is 14.4 Å². The van der Waals surface area contributed by atoms with Crippen LogP contribution in [0.25, 0.3) is 0 Å². The molecule has 1 N–H and O–H groups in total. The standard InChI is InChI=1S/C16H30N2O3/c1-11(2)14(19)10-13(16(21)12(3)4)17-15(20)8-7-9-18(5)6/h11-13H,7-10H2,1-6H3,(H,17,20). The molecular weight excluding hydrogens is 268 g/mol. The van der Waals surface area contributed by atoms with Gasteiger partial charge in [-0.25, -0.2) is 0 Å². The van der Waals surface area contributed by atoms with Gasteiger partial charge < -0.3 is 10.2 Å². The zero-order valence-electron chi connectivity index (χ0n) is 14.2. The Morgan fingerprint density at radius 1 is 1.00 bits per heavy atom. The number of amides is 1. The SMILES string of the molecule is CC(C)C(=O)CC(NC(=O)CCCN(C)C)C(=O)C(C)C. The van der Waals surface area contributed by atoms with Crippen LogP contribution in [-0.2, 0) is 14.4 Å². The molecule has 0 aliphatic carbocycles. The molecule has 5 nitrogen and oxygen atoms in total. The second-order valence-corrected chi connectivity index (χ2v) is 6.41. The van der Waals surface area contributed by atoms with Gasteiger partial charge in [-0.15, -0.1) is 0 Å². The van der Waals surface area contributed by atoms with Crippen molar-refractivity contribution in [3.8, 4) is 0 Å². The van der Waals surface area contributed by atoms with E-state index in [4.69, 9.17) is 0 Å². The van der Waals surface area contributed by atoms with Crippen molar-refractivity contribution in [2.24, 2.45) is 11.8 Å². The molecule has 0 aliphatic rings. The molecule has 0 aliphatic heterocycles. The summed E-state index contributed by atoms with van der Waals surface area (Å²) in [5.41, 5.74) is 0. The molecule has 1 atom stereocenters. The molecular formula is C16H30N2O3. The van der Waals surface area contributed by atoms with E-state index in [1.165, 1.54) is 0 Å². The maximum atomic E-state index is 12.1. The molecule has 0 rings (SSSR count). The van der Waals surface area contributed by atoms with Crippen molar-refractivity contribution in [2.75, 3.05) is 20.6 Å². The second-order valence-electron chi connectivity index (χ2n) is 6.41. The summed E-state index contributed by atoms with van der Waals surface area (Å²) in [5, 5.41) is 2.73. The Kier molecular flexibility index (Phi) is 9.09. The smallest absolute Gasteiger partial charge is 0.220 e. The van der Waals surface area contributed by atoms with Crippen LogP contribution in [0.1, 0.15) is 47.0 Å². The summed E-state index contributed by atoms with van der Waals surface area (Å²) >= 11 is 0. The van der Waals surface area contributed by atoms with Gasteiger partial charge in [-0.05, 0) is 27.1 Å². The predicted octanol–water partition coefficient (Wildman–Crippen LogP) is 1.65. The number of nitrogens with zero attached hydrogens (tertiary/aromatic N) is 1. The van der Waals surface area contributed by atoms with Crippen LogP contribution in [0, 0.1) is 11.8 Å². The predicted molar refractivity (Wildman–Crippen MR) is 84.0 cm³/mol. The van der Waals surface area contributed by atoms with Crippen LogP contribution in [-0.4, -0.2) is 49.1 Å². The van der Waals surface area contributed by atoms with Crippen LogP contribution in [0.15, 0.2) is 0 Å². The van der Waals surface area contributed by atoms with E-state index in [9.17, 15) is 14.4 Å². The molecule has 0 saturated heterocycles. The summed E-state index contributed by atoms with van der Waals surface area (Å²) < 4.78 is 0. The van der Waals surface area contributed by atoms with Crippen molar-refractivity contribution in [2.45, 2.75) is 53.0 Å². The second kappa shape index (κ2) is 9.66. The molecule has 0 spiro atoms. The first-order chi connectivity index (χ1) is 9.65. The zero-order chi connectivity index (χ0) is 16.6. The molecule has 0 aromatic heterocycles. The Labute approximate surface area is 128 Å². The van der Waals surface area contributed by atoms with Crippen molar-refractivity contribution in [1.29, 1.82) is 0 Å². The van der Waals surface area contributed by atoms with Crippen LogP contribution in [0.4, 0.5) is 0 Å². The number of nitrogens with one attached hydrogen (secondary N) is 1. The summed E-state index contributed by atoms with van der Waals surface area (Å²) in [7, 11) is 3.90. The number of carbonyl (C=O) groups excluding carboxylic acids is 3. The van der Waals surface area contributed by atoms with Gasteiger partial charge in [-0.2, -0.15) is 0 Å². The highest BCUT2D eigenvalue weighted by Crippen LogP contribution is 2.09. The van der Waals surface area contributed by atoms with E-state index in [-0.39, 0.29) is 35.7 Å². The Morgan fingerprint density at radius 3 is 2.00 bits per heavy atom. The van der Waals surface area contributed by atoms with Gasteiger partial charge in [0.05, 0.1) is 6.04 Å². The fourth-order valence-corrected chi connectivity index (χ4v) is 1.88. The lowest BCUT2D eigenvalue weighted by Crippen LogP contribution is -2.44. The summed E-state index contributed by atoms with van der Waals surface area (Å²) in [5.74, 6) is -0.560. The number of ketones is 2. The van der Waals surface area contributed by atoms with Gasteiger partial charge in [0.2, 0.25) is 5.91 Å². The molecule has 0 radical (unpaired) electrons. The molecule has 0 heterocycles. The van der Waals surface area contributed by atoms with Crippen LogP contribution in [0.2, 0.25) is 0 Å². The number of carbonyl (C=O) groups is 3. The van der Waals surface area contributed by atoms with Crippen molar-refractivity contribution in [3.05, 3.63) is 0 Å². The van der Waals surface area contributed by atoms with Gasteiger partial charge in [0.1, 0.15) is 5.78 Å². The lowest BCUT2D eigenvalue weighted by atomic mass is 9.94. The molecule has 122 valence electrons. The van der Waals surface area contributed by atoms with E-state index in [1.54, 1.807) is 27.7 Å². The first-order valence-electron chi connectivity index (χ1n) is 7.65. The molecule has 5 heteroatoms. The molecule has 1 amide bonds. The van der Waals surface area contributed by atoms with Crippen molar-refractivity contribution in [1.82, 2.24) is 10.2 Å². The lowest BCUT2D eigenvalue weighted by Gasteiger charge is -2.20. The van der Waals surface area contributed by atoms with E-state index < -0.39 is 6.04 Å². The van der Waals surface area contributed by atoms with E-state index >= 15 is 0 Å². The monoisotopic (exact) mass is 298 g/mol. The first kappa shape index (κ1) is 19.8. The third-order valence-electron chi connectivity index (χ3n) is 3.31. The number of hydrogen-bond acceptors (Lipinski definition) is 4. The zero-order valence-corrected chi connectivity index (χ0v) is 14.2. The molecule has 0 fully saturated rings. The highest BCUT2D eigenvalue weighted by atomic mass is 16.2. The van der Waals surface area contributed by atoms with Crippen LogP contribution in [0.3, 0.4) is 0 Å². The molecule has 21 heavy (non-hydrogen) atoms. The topological polar surface area (TPSA) is 66.5 Å². The number of hydrogen-bond donors (Lipinski definition) is 1. The average Bonchev–Trinajstić information content (AvgIpc) is 2.36. The average molecular weight is 298 g/mol. The largest absolute Gasteiger partial charge is 0.346 e. The van der Waals surface area contributed by atoms with E-state index in [1.807, 2.05) is 19.0 Å². The van der Waals surface area contributed by atoms with E-state index in [0.717, 1.165) is 13.0 Å². The third-order valence-corrected chi connectivity index (χ3v) is 3.31. The number of Topliss-reactive ketones (excluding diaryl/α,β-unsaturated/α-hetero) is 2. The molecule has 0 bridgehead atoms. The minimum atomic E-state index is -0.688. The quantitative estimate of drug-likeness (QED) is 0.666. The van der Waals surface area contributed by atoms with Crippen LogP contribution >= 0.6 is 0 Å². The summed E-state index contributed by atoms with van der Waals surface area (Å²) in [6.07, 6.45) is 1.20. The maximum absolute atomic E-state index is 12.1. The van der Waals surface area contributed by atoms with Gasteiger partial charge in [-0.3, -0.25) is 14.4 Å². The molecule has 1 unspecified atom stereocenters. The van der Waals surface area contributed by atoms with Gasteiger partial charge in [0.25, 0.3) is 0 Å². The summed E-state index contributed by atoms with van der Waals surface area (Å²) in [6.45, 7) is 8.00. The van der Waals surface area contributed by atoms with Gasteiger partial charge in [0, 0.05) is 24.7 Å². The summed E-state index contributed by atoms with van der Waals surface area (Å²) in [6, 6.07) is -0.688. The van der Waals surface area contributed by atoms with Crippen molar-refractivity contribution in [3.63, 3.8) is 0 Å². The third kappa shape index (κ3) is 8.60. The van der Waals surface area contributed by atoms with Crippen LogP contribution < -0.4 is 5.32 Å². The fraction of sp³-hybridized carbons (Fsp3) is 0.812. The minimum absolute atomic E-state index is 0.00240.